The maximum absolute atomic E-state index is 12.9. The fraction of sp³-hybridized carbons (Fsp3) is 0.421. The Morgan fingerprint density at radius 1 is 1.23 bits per heavy atom. The van der Waals surface area contributed by atoms with Crippen LogP contribution in [0.15, 0.2) is 30.6 Å². The number of hydrogen-bond acceptors (Lipinski definition) is 4. The Bertz CT molecular complexity index is 937. The second kappa shape index (κ2) is 6.92. The van der Waals surface area contributed by atoms with Gasteiger partial charge in [-0.15, -0.1) is 0 Å². The molecule has 4 rings (SSSR count). The van der Waals surface area contributed by atoms with Crippen LogP contribution >= 0.6 is 0 Å². The topological polar surface area (TPSA) is 64.7 Å². The molecule has 1 saturated heterocycles. The molecular weight excluding hydrogens is 330 g/mol. The van der Waals surface area contributed by atoms with Crippen molar-refractivity contribution >= 4 is 11.4 Å². The van der Waals surface area contributed by atoms with Gasteiger partial charge in [0.05, 0.1) is 12.1 Å². The van der Waals surface area contributed by atoms with Crippen molar-refractivity contribution in [3.8, 4) is 11.5 Å². The largest absolute Gasteiger partial charge is 0.383 e. The van der Waals surface area contributed by atoms with Crippen LogP contribution in [0.1, 0.15) is 29.2 Å². The number of methoxy groups -OCH3 is 1. The Balaban J connectivity index is 1.77. The molecule has 0 aliphatic carbocycles. The zero-order chi connectivity index (χ0) is 18.1. The smallest absolute Gasteiger partial charge is 0.274 e. The summed E-state index contributed by atoms with van der Waals surface area (Å²) in [5.74, 6) is 1.60. The summed E-state index contributed by atoms with van der Waals surface area (Å²) in [6, 6.07) is 5.82. The number of carbonyl (C=O) groups excluding carboxylic acids is 1. The van der Waals surface area contributed by atoms with Gasteiger partial charge in [0, 0.05) is 39.1 Å². The van der Waals surface area contributed by atoms with Gasteiger partial charge in [0.2, 0.25) is 0 Å². The first kappa shape index (κ1) is 16.8. The molecule has 1 amide bonds. The number of fused-ring (bicyclic) bond motifs is 1. The van der Waals surface area contributed by atoms with E-state index in [0.717, 1.165) is 49.5 Å². The minimum absolute atomic E-state index is 0.00740. The molecule has 1 aliphatic rings. The van der Waals surface area contributed by atoms with Crippen LogP contribution in [0.3, 0.4) is 0 Å². The lowest BCUT2D eigenvalue weighted by Gasteiger charge is -2.13. The van der Waals surface area contributed by atoms with Gasteiger partial charge in [0.15, 0.2) is 11.5 Å². The first-order valence-electron chi connectivity index (χ1n) is 8.98. The number of aryl methyl sites for hydroxylation is 1. The number of nitrogens with zero attached hydrogens (tertiary/aromatic N) is 5. The third kappa shape index (κ3) is 2.88. The van der Waals surface area contributed by atoms with Gasteiger partial charge in [-0.1, -0.05) is 6.07 Å². The van der Waals surface area contributed by atoms with E-state index in [1.807, 2.05) is 51.4 Å². The van der Waals surface area contributed by atoms with Gasteiger partial charge >= 0.3 is 0 Å². The number of pyridine rings is 1. The van der Waals surface area contributed by atoms with Gasteiger partial charge in [-0.05, 0) is 31.9 Å². The number of imidazole rings is 2. The van der Waals surface area contributed by atoms with E-state index in [2.05, 4.69) is 4.98 Å². The second-order valence-electron chi connectivity index (χ2n) is 6.60. The van der Waals surface area contributed by atoms with Crippen molar-refractivity contribution in [2.75, 3.05) is 26.8 Å². The van der Waals surface area contributed by atoms with E-state index in [1.54, 1.807) is 7.11 Å². The second-order valence-corrected chi connectivity index (χ2v) is 6.60. The van der Waals surface area contributed by atoms with E-state index in [-0.39, 0.29) is 5.91 Å². The Kier molecular flexibility index (Phi) is 4.46. The Morgan fingerprint density at radius 3 is 2.81 bits per heavy atom. The highest BCUT2D eigenvalue weighted by Crippen LogP contribution is 2.24. The van der Waals surface area contributed by atoms with Crippen LogP contribution in [-0.2, 0) is 11.3 Å². The van der Waals surface area contributed by atoms with Crippen molar-refractivity contribution in [1.29, 1.82) is 0 Å². The lowest BCUT2D eigenvalue weighted by Crippen LogP contribution is -2.28. The number of rotatable bonds is 5. The average Bonchev–Trinajstić information content (AvgIpc) is 3.38. The van der Waals surface area contributed by atoms with Crippen molar-refractivity contribution < 1.29 is 9.53 Å². The van der Waals surface area contributed by atoms with Gasteiger partial charge < -0.3 is 14.2 Å². The SMILES string of the molecule is COCCn1cc(-c2nc(C(=O)N3CCCC3)c3ccccn23)nc1C. The fourth-order valence-electron chi connectivity index (χ4n) is 3.48. The minimum atomic E-state index is 0.00740. The summed E-state index contributed by atoms with van der Waals surface area (Å²) >= 11 is 0. The molecule has 0 aromatic carbocycles. The summed E-state index contributed by atoms with van der Waals surface area (Å²) in [7, 11) is 1.69. The highest BCUT2D eigenvalue weighted by atomic mass is 16.5. The fourth-order valence-corrected chi connectivity index (χ4v) is 3.48. The molecule has 0 atom stereocenters. The summed E-state index contributed by atoms with van der Waals surface area (Å²) in [6.07, 6.45) is 6.03. The maximum Gasteiger partial charge on any atom is 0.274 e. The summed E-state index contributed by atoms with van der Waals surface area (Å²) < 4.78 is 9.16. The third-order valence-electron chi connectivity index (χ3n) is 4.89. The lowest BCUT2D eigenvalue weighted by molar-refractivity contribution is 0.0789. The molecule has 7 nitrogen and oxygen atoms in total. The standard InChI is InChI=1S/C19H23N5O2/c1-14-20-15(13-23(14)11-12-26-2)18-21-17(16-7-3-4-10-24(16)18)19(25)22-8-5-6-9-22/h3-4,7,10,13H,5-6,8-9,11-12H2,1-2H3. The van der Waals surface area contributed by atoms with Crippen molar-refractivity contribution in [2.24, 2.45) is 0 Å². The highest BCUT2D eigenvalue weighted by Gasteiger charge is 2.26. The molecule has 1 aliphatic heterocycles. The van der Waals surface area contributed by atoms with E-state index >= 15 is 0 Å². The molecule has 3 aromatic rings. The predicted molar refractivity (Wildman–Crippen MR) is 98.2 cm³/mol. The monoisotopic (exact) mass is 353 g/mol. The van der Waals surface area contributed by atoms with E-state index in [1.165, 1.54) is 0 Å². The first-order chi connectivity index (χ1) is 12.7. The Morgan fingerprint density at radius 2 is 2.04 bits per heavy atom. The van der Waals surface area contributed by atoms with Crippen molar-refractivity contribution in [3.05, 3.63) is 42.1 Å². The van der Waals surface area contributed by atoms with Crippen LogP contribution in [0.4, 0.5) is 0 Å². The summed E-state index contributed by atoms with van der Waals surface area (Å²) in [6.45, 7) is 4.94. The molecular formula is C19H23N5O2. The molecule has 0 saturated carbocycles. The van der Waals surface area contributed by atoms with Crippen LogP contribution in [0, 0.1) is 6.92 Å². The Hall–Kier alpha value is -2.67. The number of aromatic nitrogens is 4. The Labute approximate surface area is 152 Å². The summed E-state index contributed by atoms with van der Waals surface area (Å²) in [5, 5.41) is 0. The molecule has 3 aromatic heterocycles. The van der Waals surface area contributed by atoms with Gasteiger partial charge in [0.25, 0.3) is 5.91 Å². The molecule has 0 unspecified atom stereocenters. The molecule has 0 bridgehead atoms. The maximum atomic E-state index is 12.9. The number of hydrogen-bond donors (Lipinski definition) is 0. The molecule has 136 valence electrons. The lowest BCUT2D eigenvalue weighted by atomic mass is 10.3. The molecule has 0 N–H and O–H groups in total. The number of likely N-dealkylation sites (tertiary alicyclic amines) is 1. The summed E-state index contributed by atoms with van der Waals surface area (Å²) in [5.41, 5.74) is 2.09. The van der Waals surface area contributed by atoms with E-state index in [9.17, 15) is 4.79 Å². The molecule has 1 fully saturated rings. The van der Waals surface area contributed by atoms with Crippen LogP contribution in [0.2, 0.25) is 0 Å². The average molecular weight is 353 g/mol. The normalized spacial score (nSPS) is 14.5. The zero-order valence-corrected chi connectivity index (χ0v) is 15.2. The van der Waals surface area contributed by atoms with Gasteiger partial charge in [-0.3, -0.25) is 9.20 Å². The quantitative estimate of drug-likeness (QED) is 0.706. The van der Waals surface area contributed by atoms with E-state index in [0.29, 0.717) is 18.1 Å². The van der Waals surface area contributed by atoms with Crippen molar-refractivity contribution in [1.82, 2.24) is 23.8 Å². The number of amides is 1. The molecule has 0 spiro atoms. The van der Waals surface area contributed by atoms with Crippen LogP contribution < -0.4 is 0 Å². The predicted octanol–water partition coefficient (Wildman–Crippen LogP) is 2.39. The van der Waals surface area contributed by atoms with Gasteiger partial charge in [-0.2, -0.15) is 0 Å². The van der Waals surface area contributed by atoms with E-state index < -0.39 is 0 Å². The van der Waals surface area contributed by atoms with Crippen molar-refractivity contribution in [2.45, 2.75) is 26.3 Å². The molecule has 26 heavy (non-hydrogen) atoms. The molecule has 7 heteroatoms. The number of ether oxygens (including phenoxy) is 1. The van der Waals surface area contributed by atoms with Crippen LogP contribution in [-0.4, -0.2) is 56.5 Å². The highest BCUT2D eigenvalue weighted by molar-refractivity contribution is 6.00. The minimum Gasteiger partial charge on any atom is -0.383 e. The van der Waals surface area contributed by atoms with E-state index in [4.69, 9.17) is 9.72 Å². The summed E-state index contributed by atoms with van der Waals surface area (Å²) in [4.78, 5) is 24.2. The van der Waals surface area contributed by atoms with Crippen LogP contribution in [0.5, 0.6) is 0 Å². The first-order valence-corrected chi connectivity index (χ1v) is 8.98. The molecule has 0 radical (unpaired) electrons. The van der Waals surface area contributed by atoms with Gasteiger partial charge in [0.1, 0.15) is 11.5 Å². The van der Waals surface area contributed by atoms with Crippen molar-refractivity contribution in [3.63, 3.8) is 0 Å². The van der Waals surface area contributed by atoms with Crippen LogP contribution in [0.25, 0.3) is 17.0 Å². The third-order valence-corrected chi connectivity index (χ3v) is 4.89. The van der Waals surface area contributed by atoms with Gasteiger partial charge in [-0.25, -0.2) is 9.97 Å². The molecule has 4 heterocycles. The number of carbonyl (C=O) groups is 1. The zero-order valence-electron chi connectivity index (χ0n) is 15.2.